The molecule has 0 saturated heterocycles. The predicted molar refractivity (Wildman–Crippen MR) is 48.5 cm³/mol. The van der Waals surface area contributed by atoms with E-state index >= 15 is 0 Å². The molecule has 4 nitrogen and oxygen atoms in total. The van der Waals surface area contributed by atoms with Gasteiger partial charge in [0.25, 0.3) is 5.91 Å². The van der Waals surface area contributed by atoms with Gasteiger partial charge in [-0.25, -0.2) is 0 Å². The molecule has 0 atom stereocenters. The fourth-order valence-corrected chi connectivity index (χ4v) is 0.991. The number of amides is 1. The smallest absolute Gasteiger partial charge is 0.256 e. The molecule has 1 N–H and O–H groups in total. The highest BCUT2D eigenvalue weighted by Gasteiger charge is 2.11. The van der Waals surface area contributed by atoms with Gasteiger partial charge in [0.05, 0.1) is 6.20 Å². The summed E-state index contributed by atoms with van der Waals surface area (Å²) in [6, 6.07) is 0. The summed E-state index contributed by atoms with van der Waals surface area (Å²) >= 11 is 0. The van der Waals surface area contributed by atoms with E-state index in [9.17, 15) is 4.79 Å². The minimum absolute atomic E-state index is 0.104. The standard InChI is InChI=1S/C9H14N2O2/c1-3-4-5-10-9(12)8-6-11-13-7(8)2/h6H,3-5H2,1-2H3,(H,10,12). The lowest BCUT2D eigenvalue weighted by atomic mass is 10.2. The van der Waals surface area contributed by atoms with Crippen LogP contribution in [-0.2, 0) is 0 Å². The Hall–Kier alpha value is -1.32. The third kappa shape index (κ3) is 2.57. The number of aryl methyl sites for hydroxylation is 1. The Labute approximate surface area is 77.3 Å². The number of aromatic nitrogens is 1. The van der Waals surface area contributed by atoms with E-state index in [1.807, 2.05) is 0 Å². The quantitative estimate of drug-likeness (QED) is 0.718. The maximum Gasteiger partial charge on any atom is 0.256 e. The van der Waals surface area contributed by atoms with Gasteiger partial charge in [-0.1, -0.05) is 18.5 Å². The van der Waals surface area contributed by atoms with Crippen molar-refractivity contribution in [2.45, 2.75) is 26.7 Å². The number of rotatable bonds is 4. The van der Waals surface area contributed by atoms with Crippen molar-refractivity contribution in [2.75, 3.05) is 6.54 Å². The maximum atomic E-state index is 11.4. The molecule has 0 spiro atoms. The zero-order chi connectivity index (χ0) is 9.68. The Kier molecular flexibility index (Phi) is 3.49. The minimum Gasteiger partial charge on any atom is -0.361 e. The van der Waals surface area contributed by atoms with Crippen molar-refractivity contribution in [3.8, 4) is 0 Å². The van der Waals surface area contributed by atoms with Crippen molar-refractivity contribution in [3.63, 3.8) is 0 Å². The van der Waals surface area contributed by atoms with Gasteiger partial charge in [-0.2, -0.15) is 0 Å². The second-order valence-electron chi connectivity index (χ2n) is 2.91. The SMILES string of the molecule is CCCCNC(=O)c1cnoc1C. The molecule has 0 aromatic carbocycles. The Bertz CT molecular complexity index is 281. The van der Waals surface area contributed by atoms with Crippen LogP contribution in [0, 0.1) is 6.92 Å². The van der Waals surface area contributed by atoms with Crippen molar-refractivity contribution < 1.29 is 9.32 Å². The van der Waals surface area contributed by atoms with Crippen LogP contribution in [-0.4, -0.2) is 17.6 Å². The van der Waals surface area contributed by atoms with Crippen molar-refractivity contribution in [1.82, 2.24) is 10.5 Å². The lowest BCUT2D eigenvalue weighted by Gasteiger charge is -2.01. The average molecular weight is 182 g/mol. The van der Waals surface area contributed by atoms with Crippen LogP contribution in [0.2, 0.25) is 0 Å². The summed E-state index contributed by atoms with van der Waals surface area (Å²) in [6.07, 6.45) is 3.51. The Morgan fingerprint density at radius 1 is 1.69 bits per heavy atom. The Morgan fingerprint density at radius 3 is 3.00 bits per heavy atom. The van der Waals surface area contributed by atoms with Crippen LogP contribution in [0.15, 0.2) is 10.7 Å². The summed E-state index contributed by atoms with van der Waals surface area (Å²) in [6.45, 7) is 4.51. The number of nitrogens with zero attached hydrogens (tertiary/aromatic N) is 1. The fraction of sp³-hybridized carbons (Fsp3) is 0.556. The summed E-state index contributed by atoms with van der Waals surface area (Å²) in [4.78, 5) is 11.4. The molecule has 0 radical (unpaired) electrons. The van der Waals surface area contributed by atoms with E-state index in [4.69, 9.17) is 4.52 Å². The number of carbonyl (C=O) groups is 1. The molecular formula is C9H14N2O2. The molecule has 0 bridgehead atoms. The highest BCUT2D eigenvalue weighted by atomic mass is 16.5. The molecule has 0 aliphatic rings. The first-order valence-corrected chi connectivity index (χ1v) is 4.45. The number of unbranched alkanes of at least 4 members (excludes halogenated alkanes) is 1. The Balaban J connectivity index is 2.45. The van der Waals surface area contributed by atoms with Gasteiger partial charge in [0.2, 0.25) is 0 Å². The summed E-state index contributed by atoms with van der Waals surface area (Å²) in [7, 11) is 0. The first-order chi connectivity index (χ1) is 6.25. The molecule has 0 fully saturated rings. The summed E-state index contributed by atoms with van der Waals surface area (Å²) < 4.78 is 4.78. The van der Waals surface area contributed by atoms with Gasteiger partial charge in [-0.15, -0.1) is 0 Å². The van der Waals surface area contributed by atoms with Crippen LogP contribution in [0.1, 0.15) is 35.9 Å². The first-order valence-electron chi connectivity index (χ1n) is 4.45. The van der Waals surface area contributed by atoms with Crippen molar-refractivity contribution in [2.24, 2.45) is 0 Å². The van der Waals surface area contributed by atoms with Gasteiger partial charge in [0.1, 0.15) is 11.3 Å². The number of hydrogen-bond donors (Lipinski definition) is 1. The molecule has 1 amide bonds. The third-order valence-electron chi connectivity index (χ3n) is 1.81. The van der Waals surface area contributed by atoms with E-state index in [-0.39, 0.29) is 5.91 Å². The van der Waals surface area contributed by atoms with Crippen LogP contribution in [0.25, 0.3) is 0 Å². The van der Waals surface area contributed by atoms with E-state index in [1.54, 1.807) is 6.92 Å². The van der Waals surface area contributed by atoms with Crippen LogP contribution < -0.4 is 5.32 Å². The van der Waals surface area contributed by atoms with Crippen molar-refractivity contribution >= 4 is 5.91 Å². The Morgan fingerprint density at radius 2 is 2.46 bits per heavy atom. The normalized spacial score (nSPS) is 10.0. The van der Waals surface area contributed by atoms with Gasteiger partial charge >= 0.3 is 0 Å². The monoisotopic (exact) mass is 182 g/mol. The van der Waals surface area contributed by atoms with Crippen molar-refractivity contribution in [3.05, 3.63) is 17.5 Å². The molecule has 1 aromatic heterocycles. The van der Waals surface area contributed by atoms with Crippen LogP contribution in [0.4, 0.5) is 0 Å². The second kappa shape index (κ2) is 4.64. The van der Waals surface area contributed by atoms with Gasteiger partial charge in [0, 0.05) is 6.54 Å². The fourth-order valence-electron chi connectivity index (χ4n) is 0.991. The summed E-state index contributed by atoms with van der Waals surface area (Å²) in [5, 5.41) is 6.32. The lowest BCUT2D eigenvalue weighted by Crippen LogP contribution is -2.24. The topological polar surface area (TPSA) is 55.1 Å². The van der Waals surface area contributed by atoms with Crippen LogP contribution >= 0.6 is 0 Å². The van der Waals surface area contributed by atoms with Gasteiger partial charge in [0.15, 0.2) is 0 Å². The summed E-state index contributed by atoms with van der Waals surface area (Å²) in [5.74, 6) is 0.459. The lowest BCUT2D eigenvalue weighted by molar-refractivity contribution is 0.0951. The molecule has 4 heteroatoms. The molecule has 13 heavy (non-hydrogen) atoms. The molecular weight excluding hydrogens is 168 g/mol. The molecule has 1 rings (SSSR count). The van der Waals surface area contributed by atoms with Crippen LogP contribution in [0.5, 0.6) is 0 Å². The van der Waals surface area contributed by atoms with E-state index in [2.05, 4.69) is 17.4 Å². The highest BCUT2D eigenvalue weighted by molar-refractivity contribution is 5.94. The molecule has 1 heterocycles. The molecule has 0 aliphatic carbocycles. The number of hydrogen-bond acceptors (Lipinski definition) is 3. The molecule has 0 saturated carbocycles. The van der Waals surface area contributed by atoms with E-state index in [0.717, 1.165) is 12.8 Å². The largest absolute Gasteiger partial charge is 0.361 e. The summed E-state index contributed by atoms with van der Waals surface area (Å²) in [5.41, 5.74) is 0.524. The van der Waals surface area contributed by atoms with E-state index in [0.29, 0.717) is 17.9 Å². The zero-order valence-corrected chi connectivity index (χ0v) is 7.96. The van der Waals surface area contributed by atoms with Crippen LogP contribution in [0.3, 0.4) is 0 Å². The second-order valence-corrected chi connectivity index (χ2v) is 2.91. The third-order valence-corrected chi connectivity index (χ3v) is 1.81. The number of carbonyl (C=O) groups excluding carboxylic acids is 1. The maximum absolute atomic E-state index is 11.4. The molecule has 72 valence electrons. The van der Waals surface area contributed by atoms with Crippen molar-refractivity contribution in [1.29, 1.82) is 0 Å². The van der Waals surface area contributed by atoms with E-state index < -0.39 is 0 Å². The highest BCUT2D eigenvalue weighted by Crippen LogP contribution is 2.04. The van der Waals surface area contributed by atoms with Gasteiger partial charge < -0.3 is 9.84 Å². The van der Waals surface area contributed by atoms with E-state index in [1.165, 1.54) is 6.20 Å². The molecule has 1 aromatic rings. The van der Waals surface area contributed by atoms with Gasteiger partial charge in [-0.05, 0) is 13.3 Å². The molecule has 0 aliphatic heterocycles. The zero-order valence-electron chi connectivity index (χ0n) is 7.96. The average Bonchev–Trinajstić information content (AvgIpc) is 2.52. The molecule has 0 unspecified atom stereocenters. The minimum atomic E-state index is -0.104. The first kappa shape index (κ1) is 9.77. The number of nitrogens with one attached hydrogen (secondary N) is 1. The van der Waals surface area contributed by atoms with Gasteiger partial charge in [-0.3, -0.25) is 4.79 Å². The predicted octanol–water partition coefficient (Wildman–Crippen LogP) is 1.51.